The first-order chi connectivity index (χ1) is 16.2. The van der Waals surface area contributed by atoms with Crippen LogP contribution in [0.4, 0.5) is 5.69 Å². The molecule has 1 amide bonds. The van der Waals surface area contributed by atoms with E-state index in [4.69, 9.17) is 5.73 Å². The lowest BCUT2D eigenvalue weighted by molar-refractivity contribution is -0.196. The van der Waals surface area contributed by atoms with Crippen LogP contribution in [0, 0.1) is 23.7 Å². The molecule has 0 bridgehead atoms. The van der Waals surface area contributed by atoms with Crippen LogP contribution < -0.4 is 10.6 Å². The molecule has 1 aromatic rings. The lowest BCUT2D eigenvalue weighted by atomic mass is 9.49. The third-order valence-corrected chi connectivity index (χ3v) is 7.93. The molecule has 4 rings (SSSR count). The third-order valence-electron chi connectivity index (χ3n) is 7.93. The minimum absolute atomic E-state index is 0.123. The van der Waals surface area contributed by atoms with Crippen LogP contribution in [0.25, 0.3) is 0 Å². The molecule has 0 aromatic heterocycles. The summed E-state index contributed by atoms with van der Waals surface area (Å²) in [6, 6.07) is 1.53. The number of carbonyl (C=O) groups is 5. The zero-order valence-corrected chi connectivity index (χ0v) is 20.1. The number of hydrogen-bond donors (Lipinski definition) is 4. The molecule has 11 heteroatoms. The van der Waals surface area contributed by atoms with Crippen molar-refractivity contribution in [2.24, 2.45) is 29.4 Å². The van der Waals surface area contributed by atoms with Crippen LogP contribution in [0.1, 0.15) is 28.8 Å². The molecule has 0 spiro atoms. The molecule has 5 N–H and O–H groups in total. The number of anilines is 1. The number of likely N-dealkylation sites (N-methyl/N-ethyl adjacent to an activating group) is 1. The standard InChI is InChI=1S/C24H29N3O8/c1-8-11-9(26(2)3)6-7-10(28)13(11)18(29)14-12(8)19(30)16-17(27(4)5)20(31)15(23(25)34)22(33)24(16,35)21(14)32/h6-8,12,14-17,19,28,30,35H,1-5H3,(H2,25,34)/t8-,12+,14?,15?,16+,17-,19-,24-/m0/s1. The second-order valence-corrected chi connectivity index (χ2v) is 10.2. The number of phenols is 1. The molecule has 0 radical (unpaired) electrons. The first-order valence-electron chi connectivity index (χ1n) is 11.2. The van der Waals surface area contributed by atoms with Gasteiger partial charge in [-0.3, -0.25) is 28.9 Å². The highest BCUT2D eigenvalue weighted by molar-refractivity contribution is 6.32. The van der Waals surface area contributed by atoms with Crippen LogP contribution in [-0.2, 0) is 19.2 Å². The van der Waals surface area contributed by atoms with Gasteiger partial charge in [-0.25, -0.2) is 0 Å². The molecule has 3 aliphatic rings. The van der Waals surface area contributed by atoms with Crippen molar-refractivity contribution in [3.8, 4) is 5.75 Å². The van der Waals surface area contributed by atoms with Gasteiger partial charge in [0, 0.05) is 25.7 Å². The van der Waals surface area contributed by atoms with E-state index in [1.165, 1.54) is 25.1 Å². The molecule has 0 saturated heterocycles. The van der Waals surface area contributed by atoms with E-state index in [1.54, 1.807) is 32.0 Å². The lowest BCUT2D eigenvalue weighted by Crippen LogP contribution is -2.77. The molecule has 188 valence electrons. The van der Waals surface area contributed by atoms with E-state index in [0.29, 0.717) is 11.3 Å². The van der Waals surface area contributed by atoms with Gasteiger partial charge < -0.3 is 26.0 Å². The van der Waals surface area contributed by atoms with Crippen LogP contribution in [0.5, 0.6) is 5.75 Å². The highest BCUT2D eigenvalue weighted by Crippen LogP contribution is 2.55. The number of phenolic OH excluding ortho intramolecular Hbond substituents is 1. The van der Waals surface area contributed by atoms with Gasteiger partial charge in [-0.05, 0) is 37.7 Å². The molecule has 0 aliphatic heterocycles. The molecule has 35 heavy (non-hydrogen) atoms. The van der Waals surface area contributed by atoms with Crippen molar-refractivity contribution in [1.29, 1.82) is 0 Å². The van der Waals surface area contributed by atoms with Crippen molar-refractivity contribution in [3.63, 3.8) is 0 Å². The molecular weight excluding hydrogens is 458 g/mol. The average Bonchev–Trinajstić information content (AvgIpc) is 2.75. The van der Waals surface area contributed by atoms with Gasteiger partial charge in [0.25, 0.3) is 0 Å². The summed E-state index contributed by atoms with van der Waals surface area (Å²) in [6.07, 6.45) is -1.65. The van der Waals surface area contributed by atoms with E-state index in [9.17, 15) is 39.3 Å². The number of ketones is 4. The van der Waals surface area contributed by atoms with E-state index < -0.39 is 76.4 Å². The Morgan fingerprint density at radius 3 is 2.17 bits per heavy atom. The van der Waals surface area contributed by atoms with Gasteiger partial charge in [-0.15, -0.1) is 0 Å². The Hall–Kier alpha value is -3.15. The molecule has 2 saturated carbocycles. The van der Waals surface area contributed by atoms with Gasteiger partial charge in [-0.1, -0.05) is 6.92 Å². The number of benzene rings is 1. The van der Waals surface area contributed by atoms with Crippen LogP contribution in [-0.4, -0.2) is 95.2 Å². The van der Waals surface area contributed by atoms with Gasteiger partial charge in [0.05, 0.1) is 29.5 Å². The third kappa shape index (κ3) is 3.04. The maximum Gasteiger partial charge on any atom is 0.235 e. The van der Waals surface area contributed by atoms with Crippen molar-refractivity contribution < 1.29 is 39.3 Å². The number of aliphatic hydroxyl groups excluding tert-OH is 1. The molecule has 8 atom stereocenters. The predicted octanol–water partition coefficient (Wildman–Crippen LogP) is -1.54. The number of nitrogens with zero attached hydrogens (tertiary/aromatic N) is 2. The largest absolute Gasteiger partial charge is 0.507 e. The highest BCUT2D eigenvalue weighted by Gasteiger charge is 2.73. The van der Waals surface area contributed by atoms with Gasteiger partial charge in [0.15, 0.2) is 34.7 Å². The monoisotopic (exact) mass is 487 g/mol. The molecule has 11 nitrogen and oxygen atoms in total. The SMILES string of the molecule is C[C@H]1c2c(N(C)C)ccc(O)c2C(=O)C2C(=O)[C@]3(O)C(=O)C(C(N)=O)C(=O)[C@@H](N(C)C)[C@@H]3[C@@H](O)[C@@H]21. The van der Waals surface area contributed by atoms with Crippen molar-refractivity contribution in [1.82, 2.24) is 4.90 Å². The number of nitrogens with two attached hydrogens (primary N) is 1. The minimum atomic E-state index is -3.00. The lowest BCUT2D eigenvalue weighted by Gasteiger charge is -2.56. The van der Waals surface area contributed by atoms with Crippen LogP contribution >= 0.6 is 0 Å². The maximum absolute atomic E-state index is 13.8. The summed E-state index contributed by atoms with van der Waals surface area (Å²) in [7, 11) is 6.38. The Morgan fingerprint density at radius 1 is 1.06 bits per heavy atom. The fourth-order valence-corrected chi connectivity index (χ4v) is 6.44. The van der Waals surface area contributed by atoms with E-state index in [1.807, 2.05) is 0 Å². The number of Topliss-reactive ketones (excluding diaryl/α,β-unsaturated/α-hetero) is 4. The van der Waals surface area contributed by atoms with E-state index in [0.717, 1.165) is 0 Å². The number of aliphatic hydroxyl groups is 2. The Bertz CT molecular complexity index is 1180. The number of carbonyl (C=O) groups excluding carboxylic acids is 5. The summed E-state index contributed by atoms with van der Waals surface area (Å²) in [6.45, 7) is 1.68. The summed E-state index contributed by atoms with van der Waals surface area (Å²) in [5.41, 5.74) is 3.18. The number of rotatable bonds is 3. The van der Waals surface area contributed by atoms with E-state index in [-0.39, 0.29) is 11.3 Å². The van der Waals surface area contributed by atoms with Gasteiger partial charge >= 0.3 is 0 Å². The average molecular weight is 488 g/mol. The summed E-state index contributed by atoms with van der Waals surface area (Å²) in [4.78, 5) is 69.0. The fraction of sp³-hybridized carbons (Fsp3) is 0.542. The highest BCUT2D eigenvalue weighted by atomic mass is 16.3. The minimum Gasteiger partial charge on any atom is -0.507 e. The van der Waals surface area contributed by atoms with E-state index in [2.05, 4.69) is 0 Å². The van der Waals surface area contributed by atoms with Crippen LogP contribution in [0.2, 0.25) is 0 Å². The Morgan fingerprint density at radius 2 is 1.66 bits per heavy atom. The maximum atomic E-state index is 13.8. The first-order valence-corrected chi connectivity index (χ1v) is 11.2. The quantitative estimate of drug-likeness (QED) is 0.365. The smallest absolute Gasteiger partial charge is 0.235 e. The van der Waals surface area contributed by atoms with Crippen molar-refractivity contribution in [2.45, 2.75) is 30.6 Å². The Kier molecular flexibility index (Phi) is 5.66. The summed E-state index contributed by atoms with van der Waals surface area (Å²) in [5, 5.41) is 33.7. The molecular formula is C24H29N3O8. The number of aromatic hydroxyl groups is 1. The second-order valence-electron chi connectivity index (χ2n) is 10.2. The number of primary amides is 1. The fourth-order valence-electron chi connectivity index (χ4n) is 6.44. The summed E-state index contributed by atoms with van der Waals surface area (Å²) < 4.78 is 0. The molecule has 3 aliphatic carbocycles. The second kappa shape index (κ2) is 7.94. The molecule has 0 heterocycles. The van der Waals surface area contributed by atoms with Gasteiger partial charge in [0.2, 0.25) is 5.91 Å². The van der Waals surface area contributed by atoms with E-state index >= 15 is 0 Å². The molecule has 2 unspecified atom stereocenters. The zero-order valence-electron chi connectivity index (χ0n) is 20.1. The number of amides is 1. The van der Waals surface area contributed by atoms with Gasteiger partial charge in [-0.2, -0.15) is 0 Å². The molecule has 1 aromatic carbocycles. The van der Waals surface area contributed by atoms with Crippen LogP contribution in [0.3, 0.4) is 0 Å². The summed E-state index contributed by atoms with van der Waals surface area (Å²) >= 11 is 0. The number of fused-ring (bicyclic) bond motifs is 3. The van der Waals surface area contributed by atoms with Crippen molar-refractivity contribution in [3.05, 3.63) is 23.3 Å². The normalized spacial score (nSPS) is 36.5. The predicted molar refractivity (Wildman–Crippen MR) is 122 cm³/mol. The van der Waals surface area contributed by atoms with Gasteiger partial charge in [0.1, 0.15) is 5.75 Å². The summed E-state index contributed by atoms with van der Waals surface area (Å²) in [5.74, 6) is -13.3. The number of hydrogen-bond acceptors (Lipinski definition) is 10. The van der Waals surface area contributed by atoms with Crippen molar-refractivity contribution >= 4 is 34.7 Å². The molecule has 2 fully saturated rings. The zero-order chi connectivity index (χ0) is 26.3. The van der Waals surface area contributed by atoms with Crippen LogP contribution in [0.15, 0.2) is 12.1 Å². The van der Waals surface area contributed by atoms with Crippen molar-refractivity contribution in [2.75, 3.05) is 33.1 Å². The Labute approximate surface area is 201 Å². The first kappa shape index (κ1) is 25.0. The topological polar surface area (TPSA) is 179 Å². The Balaban J connectivity index is 1.99.